The Labute approximate surface area is 137 Å². The molecule has 1 aromatic rings. The van der Waals surface area contributed by atoms with Gasteiger partial charge in [-0.3, -0.25) is 4.99 Å². The predicted octanol–water partition coefficient (Wildman–Crippen LogP) is 2.75. The summed E-state index contributed by atoms with van der Waals surface area (Å²) in [5.74, 6) is -0.322. The molecule has 1 fully saturated rings. The molecule has 2 rings (SSSR count). The van der Waals surface area contributed by atoms with Gasteiger partial charge in [0.15, 0.2) is 17.6 Å². The minimum Gasteiger partial charge on any atom is -0.371 e. The van der Waals surface area contributed by atoms with Gasteiger partial charge in [0.05, 0.1) is 0 Å². The van der Waals surface area contributed by atoms with Crippen molar-refractivity contribution in [3.05, 3.63) is 29.8 Å². The van der Waals surface area contributed by atoms with Gasteiger partial charge >= 0.3 is 0 Å². The molecule has 23 heavy (non-hydrogen) atoms. The van der Waals surface area contributed by atoms with Crippen molar-refractivity contribution in [3.8, 4) is 0 Å². The first-order valence-corrected chi connectivity index (χ1v) is 8.20. The Bertz CT molecular complexity index is 547. The molecule has 1 aromatic carbocycles. The van der Waals surface area contributed by atoms with Crippen LogP contribution in [0.1, 0.15) is 26.7 Å². The summed E-state index contributed by atoms with van der Waals surface area (Å²) in [4.78, 5) is 6.32. The van der Waals surface area contributed by atoms with Crippen LogP contribution in [0.3, 0.4) is 0 Å². The van der Waals surface area contributed by atoms with Gasteiger partial charge in [0.25, 0.3) is 0 Å². The van der Waals surface area contributed by atoms with Crippen molar-refractivity contribution in [2.24, 2.45) is 10.9 Å². The second-order valence-electron chi connectivity index (χ2n) is 6.11. The zero-order valence-corrected chi connectivity index (χ0v) is 14.1. The maximum absolute atomic E-state index is 13.3. The van der Waals surface area contributed by atoms with Gasteiger partial charge in [-0.1, -0.05) is 6.92 Å². The van der Waals surface area contributed by atoms with Crippen LogP contribution in [0.25, 0.3) is 0 Å². The van der Waals surface area contributed by atoms with Crippen molar-refractivity contribution in [3.63, 3.8) is 0 Å². The van der Waals surface area contributed by atoms with E-state index in [2.05, 4.69) is 34.4 Å². The molecule has 0 amide bonds. The standard InChI is InChI=1S/C17H26F2N4/c1-4-12(2)22-17(20-3)21-10-13-7-8-23(11-13)14-5-6-15(18)16(19)9-14/h5-6,9,12-13H,4,7-8,10-11H2,1-3H3,(H2,20,21,22). The molecule has 128 valence electrons. The number of nitrogens with zero attached hydrogens (tertiary/aromatic N) is 2. The maximum Gasteiger partial charge on any atom is 0.191 e. The molecule has 0 saturated carbocycles. The van der Waals surface area contributed by atoms with Crippen LogP contribution in [-0.2, 0) is 0 Å². The third kappa shape index (κ3) is 4.81. The molecule has 2 N–H and O–H groups in total. The largest absolute Gasteiger partial charge is 0.371 e. The summed E-state index contributed by atoms with van der Waals surface area (Å²) in [6, 6.07) is 4.48. The Morgan fingerprint density at radius 3 is 2.83 bits per heavy atom. The number of rotatable bonds is 5. The van der Waals surface area contributed by atoms with Crippen LogP contribution in [0.15, 0.2) is 23.2 Å². The van der Waals surface area contributed by atoms with E-state index in [0.717, 1.165) is 44.1 Å². The van der Waals surface area contributed by atoms with Crippen LogP contribution in [-0.4, -0.2) is 38.7 Å². The highest BCUT2D eigenvalue weighted by atomic mass is 19.2. The van der Waals surface area contributed by atoms with E-state index in [0.29, 0.717) is 12.0 Å². The zero-order valence-electron chi connectivity index (χ0n) is 14.1. The Morgan fingerprint density at radius 1 is 1.39 bits per heavy atom. The van der Waals surface area contributed by atoms with Crippen LogP contribution >= 0.6 is 0 Å². The highest BCUT2D eigenvalue weighted by Crippen LogP contribution is 2.24. The molecule has 0 aromatic heterocycles. The fourth-order valence-corrected chi connectivity index (χ4v) is 2.69. The Kier molecular flexibility index (Phi) is 6.19. The van der Waals surface area contributed by atoms with Crippen molar-refractivity contribution in [2.45, 2.75) is 32.7 Å². The predicted molar refractivity (Wildman–Crippen MR) is 90.9 cm³/mol. The van der Waals surface area contributed by atoms with Crippen molar-refractivity contribution in [1.82, 2.24) is 10.6 Å². The van der Waals surface area contributed by atoms with Crippen molar-refractivity contribution >= 4 is 11.6 Å². The van der Waals surface area contributed by atoms with E-state index in [1.807, 2.05) is 0 Å². The second kappa shape index (κ2) is 8.13. The number of benzene rings is 1. The third-order valence-electron chi connectivity index (χ3n) is 4.33. The van der Waals surface area contributed by atoms with Crippen LogP contribution in [0.5, 0.6) is 0 Å². The fourth-order valence-electron chi connectivity index (χ4n) is 2.69. The number of guanidine groups is 1. The molecule has 2 unspecified atom stereocenters. The van der Waals surface area contributed by atoms with Gasteiger partial charge in [-0.25, -0.2) is 8.78 Å². The van der Waals surface area contributed by atoms with Crippen LogP contribution in [0.2, 0.25) is 0 Å². The molecule has 0 aliphatic carbocycles. The summed E-state index contributed by atoms with van der Waals surface area (Å²) in [5, 5.41) is 6.68. The minimum atomic E-state index is -0.800. The normalized spacial score (nSPS) is 19.8. The van der Waals surface area contributed by atoms with Gasteiger partial charge in [0.1, 0.15) is 0 Å². The van der Waals surface area contributed by atoms with Gasteiger partial charge in [-0.05, 0) is 37.8 Å². The highest BCUT2D eigenvalue weighted by molar-refractivity contribution is 5.79. The average Bonchev–Trinajstić information content (AvgIpc) is 3.02. The first-order valence-electron chi connectivity index (χ1n) is 8.20. The van der Waals surface area contributed by atoms with Gasteiger partial charge in [0, 0.05) is 44.5 Å². The van der Waals surface area contributed by atoms with E-state index < -0.39 is 11.6 Å². The van der Waals surface area contributed by atoms with Crippen LogP contribution < -0.4 is 15.5 Å². The fraction of sp³-hybridized carbons (Fsp3) is 0.588. The van der Waals surface area contributed by atoms with E-state index in [1.54, 1.807) is 13.1 Å². The summed E-state index contributed by atoms with van der Waals surface area (Å²) in [6.07, 6.45) is 2.06. The summed E-state index contributed by atoms with van der Waals surface area (Å²) in [5.41, 5.74) is 0.744. The molecule has 2 atom stereocenters. The van der Waals surface area contributed by atoms with Gasteiger partial charge < -0.3 is 15.5 Å². The maximum atomic E-state index is 13.3. The third-order valence-corrected chi connectivity index (χ3v) is 4.33. The Hall–Kier alpha value is -1.85. The lowest BCUT2D eigenvalue weighted by atomic mass is 10.1. The monoisotopic (exact) mass is 324 g/mol. The number of halogens is 2. The molecule has 0 spiro atoms. The molecule has 1 heterocycles. The molecule has 4 nitrogen and oxygen atoms in total. The summed E-state index contributed by atoms with van der Waals surface area (Å²) in [7, 11) is 1.76. The number of aliphatic imine (C=N–C) groups is 1. The first kappa shape index (κ1) is 17.5. The quantitative estimate of drug-likeness (QED) is 0.646. The van der Waals surface area contributed by atoms with Crippen LogP contribution in [0, 0.1) is 17.6 Å². The lowest BCUT2D eigenvalue weighted by Gasteiger charge is -2.20. The molecule has 1 aliphatic rings. The van der Waals surface area contributed by atoms with Crippen molar-refractivity contribution < 1.29 is 8.78 Å². The molecular weight excluding hydrogens is 298 g/mol. The first-order chi connectivity index (χ1) is 11.0. The van der Waals surface area contributed by atoms with Crippen molar-refractivity contribution in [1.29, 1.82) is 0 Å². The average molecular weight is 324 g/mol. The SMILES string of the molecule is CCC(C)NC(=NC)NCC1CCN(c2ccc(F)c(F)c2)C1. The molecule has 6 heteroatoms. The van der Waals surface area contributed by atoms with Gasteiger partial charge in [-0.15, -0.1) is 0 Å². The Morgan fingerprint density at radius 2 is 2.17 bits per heavy atom. The van der Waals surface area contributed by atoms with E-state index in [4.69, 9.17) is 0 Å². The molecule has 1 saturated heterocycles. The summed E-state index contributed by atoms with van der Waals surface area (Å²) < 4.78 is 26.4. The molecule has 0 radical (unpaired) electrons. The highest BCUT2D eigenvalue weighted by Gasteiger charge is 2.23. The lowest BCUT2D eigenvalue weighted by Crippen LogP contribution is -2.43. The Balaban J connectivity index is 1.84. The van der Waals surface area contributed by atoms with Crippen LogP contribution in [0.4, 0.5) is 14.5 Å². The van der Waals surface area contributed by atoms with Gasteiger partial charge in [0.2, 0.25) is 0 Å². The van der Waals surface area contributed by atoms with Gasteiger partial charge in [-0.2, -0.15) is 0 Å². The lowest BCUT2D eigenvalue weighted by molar-refractivity contribution is 0.508. The van der Waals surface area contributed by atoms with E-state index >= 15 is 0 Å². The smallest absolute Gasteiger partial charge is 0.191 e. The number of hydrogen-bond donors (Lipinski definition) is 2. The summed E-state index contributed by atoms with van der Waals surface area (Å²) in [6.45, 7) is 6.75. The number of nitrogens with one attached hydrogen (secondary N) is 2. The number of anilines is 1. The molecular formula is C17H26F2N4. The number of hydrogen-bond acceptors (Lipinski definition) is 2. The zero-order chi connectivity index (χ0) is 16.8. The van der Waals surface area contributed by atoms with E-state index in [9.17, 15) is 8.78 Å². The van der Waals surface area contributed by atoms with Crippen molar-refractivity contribution in [2.75, 3.05) is 31.6 Å². The van der Waals surface area contributed by atoms with E-state index in [1.165, 1.54) is 12.1 Å². The topological polar surface area (TPSA) is 39.7 Å². The minimum absolute atomic E-state index is 0.378. The summed E-state index contributed by atoms with van der Waals surface area (Å²) >= 11 is 0. The second-order valence-corrected chi connectivity index (χ2v) is 6.11. The molecule has 0 bridgehead atoms. The van der Waals surface area contributed by atoms with E-state index in [-0.39, 0.29) is 0 Å². The molecule has 1 aliphatic heterocycles.